The largest absolute Gasteiger partial charge is 0.647 e. The van der Waals surface area contributed by atoms with Crippen molar-refractivity contribution < 1.29 is 28.3 Å². The van der Waals surface area contributed by atoms with Crippen LogP contribution < -0.4 is 13.6 Å². The van der Waals surface area contributed by atoms with E-state index in [4.69, 9.17) is 9.05 Å². The maximum absolute atomic E-state index is 11.4. The minimum atomic E-state index is -3.65. The maximum Gasteiger partial charge on any atom is 0.647 e. The molecule has 0 aliphatic carbocycles. The first-order chi connectivity index (χ1) is 6.09. The van der Waals surface area contributed by atoms with Crippen molar-refractivity contribution in [3.05, 3.63) is 6.07 Å². The van der Waals surface area contributed by atoms with Crippen LogP contribution in [0.3, 0.4) is 0 Å². The van der Waals surface area contributed by atoms with E-state index in [9.17, 15) is 14.8 Å². The molecule has 0 radical (unpaired) electrons. The van der Waals surface area contributed by atoms with Gasteiger partial charge in [0.1, 0.15) is 0 Å². The van der Waals surface area contributed by atoms with Crippen LogP contribution in [0, 0.1) is 0 Å². The SMILES string of the molecule is O=P12Oc3cc(O)c(c(O)c3O1)O2. The van der Waals surface area contributed by atoms with E-state index in [-0.39, 0.29) is 28.7 Å². The average Bonchev–Trinajstić information content (AvgIpc) is 2.25. The van der Waals surface area contributed by atoms with Crippen molar-refractivity contribution in [2.75, 3.05) is 0 Å². The van der Waals surface area contributed by atoms with E-state index in [1.54, 1.807) is 0 Å². The second-order valence-electron chi connectivity index (χ2n) is 2.62. The Morgan fingerprint density at radius 2 is 1.85 bits per heavy atom. The molecule has 2 aliphatic rings. The summed E-state index contributed by atoms with van der Waals surface area (Å²) in [6.07, 6.45) is 0. The molecule has 2 heterocycles. The minimum absolute atomic E-state index is 0.0274. The summed E-state index contributed by atoms with van der Waals surface area (Å²) in [6, 6.07) is 1.18. The van der Waals surface area contributed by atoms with Crippen molar-refractivity contribution >= 4 is 7.82 Å². The Morgan fingerprint density at radius 1 is 1.15 bits per heavy atom. The molecule has 0 amide bonds. The molecule has 0 aromatic heterocycles. The molecule has 7 heteroatoms. The summed E-state index contributed by atoms with van der Waals surface area (Å²) < 4.78 is 25.5. The summed E-state index contributed by atoms with van der Waals surface area (Å²) >= 11 is 0. The highest BCUT2D eigenvalue weighted by molar-refractivity contribution is 7.50. The van der Waals surface area contributed by atoms with Gasteiger partial charge in [0, 0.05) is 6.07 Å². The number of rotatable bonds is 0. The quantitative estimate of drug-likeness (QED) is 0.618. The molecule has 0 fully saturated rings. The lowest BCUT2D eigenvalue weighted by Gasteiger charge is -2.15. The zero-order chi connectivity index (χ0) is 9.22. The molecule has 3 rings (SSSR count). The Morgan fingerprint density at radius 3 is 2.62 bits per heavy atom. The first-order valence-corrected chi connectivity index (χ1v) is 4.83. The normalized spacial score (nSPS) is 26.5. The van der Waals surface area contributed by atoms with E-state index in [0.29, 0.717) is 0 Å². The van der Waals surface area contributed by atoms with Crippen LogP contribution in [-0.2, 0) is 4.57 Å². The molecule has 68 valence electrons. The van der Waals surface area contributed by atoms with Crippen molar-refractivity contribution in [1.82, 2.24) is 0 Å². The predicted octanol–water partition coefficient (Wildman–Crippen LogP) is 1.37. The van der Waals surface area contributed by atoms with Crippen molar-refractivity contribution in [2.45, 2.75) is 0 Å². The van der Waals surface area contributed by atoms with Gasteiger partial charge < -0.3 is 23.8 Å². The minimum Gasteiger partial charge on any atom is -0.504 e. The molecule has 6 nitrogen and oxygen atoms in total. The van der Waals surface area contributed by atoms with E-state index < -0.39 is 7.82 Å². The van der Waals surface area contributed by atoms with Crippen LogP contribution in [-0.4, -0.2) is 10.2 Å². The summed E-state index contributed by atoms with van der Waals surface area (Å²) in [7, 11) is -3.65. The Balaban J connectivity index is 2.44. The highest BCUT2D eigenvalue weighted by Crippen LogP contribution is 2.70. The molecule has 0 saturated carbocycles. The van der Waals surface area contributed by atoms with E-state index >= 15 is 0 Å². The molecular formula is C6H3O6P. The third kappa shape index (κ3) is 0.667. The van der Waals surface area contributed by atoms with Gasteiger partial charge in [-0.05, 0) is 0 Å². The van der Waals surface area contributed by atoms with Crippen LogP contribution in [0.4, 0.5) is 0 Å². The summed E-state index contributed by atoms with van der Waals surface area (Å²) in [5.74, 6) is -0.982. The van der Waals surface area contributed by atoms with E-state index in [1.165, 1.54) is 6.07 Å². The molecule has 2 aliphatic heterocycles. The number of phosphoric ester groups is 1. The third-order valence-electron chi connectivity index (χ3n) is 1.77. The number of fused-ring (bicyclic) bond motifs is 2. The first-order valence-electron chi connectivity index (χ1n) is 3.37. The van der Waals surface area contributed by atoms with E-state index in [0.717, 1.165) is 0 Å². The van der Waals surface area contributed by atoms with Gasteiger partial charge in [0.25, 0.3) is 0 Å². The van der Waals surface area contributed by atoms with Crippen LogP contribution in [0.15, 0.2) is 6.07 Å². The Hall–Kier alpha value is -1.55. The molecule has 0 saturated heterocycles. The summed E-state index contributed by atoms with van der Waals surface area (Å²) in [5, 5.41) is 18.6. The zero-order valence-corrected chi connectivity index (χ0v) is 6.95. The Bertz CT molecular complexity index is 463. The number of phosphoric acid groups is 1. The lowest BCUT2D eigenvalue weighted by molar-refractivity contribution is 0.297. The monoisotopic (exact) mass is 202 g/mol. The van der Waals surface area contributed by atoms with Crippen LogP contribution in [0.5, 0.6) is 28.7 Å². The summed E-state index contributed by atoms with van der Waals surface area (Å²) in [5.41, 5.74) is 0. The number of phenolic OH excluding ortho intramolecular Hbond substituents is 2. The fourth-order valence-corrected chi connectivity index (χ4v) is 2.53. The molecule has 1 atom stereocenters. The molecule has 3 bridgehead atoms. The van der Waals surface area contributed by atoms with Crippen molar-refractivity contribution in [1.29, 1.82) is 0 Å². The molecule has 1 unspecified atom stereocenters. The van der Waals surface area contributed by atoms with Gasteiger partial charge in [-0.15, -0.1) is 0 Å². The van der Waals surface area contributed by atoms with Crippen molar-refractivity contribution in [2.24, 2.45) is 0 Å². The van der Waals surface area contributed by atoms with Crippen LogP contribution >= 0.6 is 7.82 Å². The average molecular weight is 202 g/mol. The topological polar surface area (TPSA) is 85.2 Å². The van der Waals surface area contributed by atoms with Gasteiger partial charge in [0.15, 0.2) is 11.5 Å². The third-order valence-corrected chi connectivity index (χ3v) is 3.00. The van der Waals surface area contributed by atoms with Crippen molar-refractivity contribution in [3.8, 4) is 28.7 Å². The van der Waals surface area contributed by atoms with Crippen LogP contribution in [0.2, 0.25) is 0 Å². The second-order valence-corrected chi connectivity index (χ2v) is 4.06. The number of benzene rings is 1. The highest BCUT2D eigenvalue weighted by Gasteiger charge is 2.50. The van der Waals surface area contributed by atoms with Gasteiger partial charge in [-0.2, -0.15) is 4.57 Å². The fourth-order valence-electron chi connectivity index (χ4n) is 1.24. The lowest BCUT2D eigenvalue weighted by atomic mass is 10.2. The van der Waals surface area contributed by atoms with Gasteiger partial charge >= 0.3 is 7.82 Å². The number of hydrogen-bond donors (Lipinski definition) is 2. The molecule has 0 spiro atoms. The number of aromatic hydroxyl groups is 2. The predicted molar refractivity (Wildman–Crippen MR) is 39.3 cm³/mol. The van der Waals surface area contributed by atoms with Gasteiger partial charge in [-0.1, -0.05) is 0 Å². The number of hydrogen-bond acceptors (Lipinski definition) is 6. The van der Waals surface area contributed by atoms with Gasteiger partial charge in [-0.3, -0.25) is 0 Å². The van der Waals surface area contributed by atoms with Crippen molar-refractivity contribution in [3.63, 3.8) is 0 Å². The molecular weight excluding hydrogens is 199 g/mol. The van der Waals surface area contributed by atoms with Crippen LogP contribution in [0.1, 0.15) is 0 Å². The van der Waals surface area contributed by atoms with E-state index in [2.05, 4.69) is 4.52 Å². The van der Waals surface area contributed by atoms with E-state index in [1.807, 2.05) is 0 Å². The standard InChI is InChI=1S/C6H3O6P/c7-2-1-3-6-4(8)5(2)11-13(9,10-3)12-6/h1,7-8H. The van der Waals surface area contributed by atoms with Crippen LogP contribution in [0.25, 0.3) is 0 Å². The smallest absolute Gasteiger partial charge is 0.504 e. The molecule has 2 N–H and O–H groups in total. The molecule has 1 aromatic carbocycles. The first kappa shape index (κ1) is 6.91. The second kappa shape index (κ2) is 1.70. The fraction of sp³-hybridized carbons (Fsp3) is 0. The highest BCUT2D eigenvalue weighted by atomic mass is 31.2. The van der Waals surface area contributed by atoms with Gasteiger partial charge in [0.05, 0.1) is 0 Å². The zero-order valence-electron chi connectivity index (χ0n) is 6.05. The summed E-state index contributed by atoms with van der Waals surface area (Å²) in [6.45, 7) is 0. The molecule has 13 heavy (non-hydrogen) atoms. The number of phenols is 2. The van der Waals surface area contributed by atoms with Gasteiger partial charge in [-0.25, -0.2) is 0 Å². The molecule has 1 aromatic rings. The summed E-state index contributed by atoms with van der Waals surface area (Å²) in [4.78, 5) is 0. The lowest BCUT2D eigenvalue weighted by Crippen LogP contribution is -2.02. The Labute approximate surface area is 71.9 Å². The Kier molecular flexibility index (Phi) is 0.902. The maximum atomic E-state index is 11.4. The van der Waals surface area contributed by atoms with Gasteiger partial charge in [0.2, 0.25) is 17.2 Å².